The van der Waals surface area contributed by atoms with E-state index in [0.29, 0.717) is 5.56 Å². The second-order valence-corrected chi connectivity index (χ2v) is 4.67. The molecule has 0 aliphatic rings. The molecule has 0 atom stereocenters. The van der Waals surface area contributed by atoms with Crippen LogP contribution in [0.4, 0.5) is 0 Å². The first-order chi connectivity index (χ1) is 7.92. The topological polar surface area (TPSA) is 109 Å². The van der Waals surface area contributed by atoms with Gasteiger partial charge in [0.15, 0.2) is 0 Å². The van der Waals surface area contributed by atoms with Crippen molar-refractivity contribution in [2.24, 2.45) is 4.52 Å². The number of hydrogen-bond acceptors (Lipinski definition) is 4. The summed E-state index contributed by atoms with van der Waals surface area (Å²) >= 11 is 0. The first-order valence-corrected chi connectivity index (χ1v) is 5.86. The number of ether oxygens (including phenoxy) is 1. The van der Waals surface area contributed by atoms with Crippen molar-refractivity contribution in [2.45, 2.75) is 11.8 Å². The molecule has 0 bridgehead atoms. The monoisotopic (exact) mass is 255 g/mol. The number of hydrogen-bond donors (Lipinski definition) is 0. The lowest BCUT2D eigenvalue weighted by atomic mass is 10.1. The Labute approximate surface area is 97.7 Å². The van der Waals surface area contributed by atoms with Gasteiger partial charge in [0.05, 0.1) is 17.6 Å². The molecule has 0 fully saturated rings. The molecule has 0 aliphatic heterocycles. The van der Waals surface area contributed by atoms with Gasteiger partial charge in [0.25, 0.3) is 10.0 Å². The zero-order chi connectivity index (χ0) is 13.1. The van der Waals surface area contributed by atoms with Gasteiger partial charge in [-0.15, -0.1) is 0 Å². The zero-order valence-electron chi connectivity index (χ0n) is 9.11. The summed E-state index contributed by atoms with van der Waals surface area (Å²) in [6.07, 6.45) is 0. The number of rotatable bonds is 3. The fourth-order valence-corrected chi connectivity index (χ4v) is 2.15. The van der Waals surface area contributed by atoms with Crippen molar-refractivity contribution >= 4 is 16.0 Å². The van der Waals surface area contributed by atoms with E-state index in [4.69, 9.17) is 5.53 Å². The highest BCUT2D eigenvalue weighted by Gasteiger charge is 2.17. The smallest absolute Gasteiger partial charge is 0.337 e. The molecule has 1 rings (SSSR count). The van der Waals surface area contributed by atoms with Crippen LogP contribution in [0, 0.1) is 6.92 Å². The Morgan fingerprint density at radius 1 is 1.47 bits per heavy atom. The number of esters is 1. The minimum Gasteiger partial charge on any atom is -0.465 e. The van der Waals surface area contributed by atoms with Crippen molar-refractivity contribution in [1.29, 1.82) is 0 Å². The number of nitrogens with zero attached hydrogens (tertiary/aromatic N) is 3. The van der Waals surface area contributed by atoms with E-state index in [1.807, 2.05) is 0 Å². The summed E-state index contributed by atoms with van der Waals surface area (Å²) in [4.78, 5) is 13.3. The van der Waals surface area contributed by atoms with E-state index in [-0.39, 0.29) is 10.5 Å². The highest BCUT2D eigenvalue weighted by atomic mass is 32.2. The summed E-state index contributed by atoms with van der Waals surface area (Å²) in [7, 11) is -2.92. The molecule has 7 nitrogen and oxygen atoms in total. The minimum absolute atomic E-state index is 0.0739. The van der Waals surface area contributed by atoms with Gasteiger partial charge in [-0.3, -0.25) is 0 Å². The molecule has 0 aromatic heterocycles. The molecule has 90 valence electrons. The molecule has 0 N–H and O–H groups in total. The maximum absolute atomic E-state index is 11.5. The molecule has 1 aromatic rings. The molecule has 0 heterocycles. The Kier molecular flexibility index (Phi) is 3.72. The Balaban J connectivity index is 3.44. The summed E-state index contributed by atoms with van der Waals surface area (Å²) in [6, 6.07) is 3.98. The van der Waals surface area contributed by atoms with Gasteiger partial charge in [-0.1, -0.05) is 6.07 Å². The summed E-state index contributed by atoms with van der Waals surface area (Å²) in [5, 5.41) is 0. The van der Waals surface area contributed by atoms with E-state index >= 15 is 0 Å². The average molecular weight is 255 g/mol. The van der Waals surface area contributed by atoms with Gasteiger partial charge in [0.2, 0.25) is 0 Å². The number of benzene rings is 1. The Bertz CT molecular complexity index is 603. The Morgan fingerprint density at radius 2 is 2.12 bits per heavy atom. The van der Waals surface area contributed by atoms with Crippen molar-refractivity contribution in [2.75, 3.05) is 7.11 Å². The lowest BCUT2D eigenvalue weighted by Crippen LogP contribution is -2.05. The number of carbonyl (C=O) groups is 1. The van der Waals surface area contributed by atoms with Gasteiger partial charge >= 0.3 is 5.97 Å². The van der Waals surface area contributed by atoms with Crippen LogP contribution in [-0.2, 0) is 14.8 Å². The van der Waals surface area contributed by atoms with Crippen molar-refractivity contribution in [3.8, 4) is 0 Å². The first-order valence-electron chi connectivity index (χ1n) is 4.42. The van der Waals surface area contributed by atoms with Gasteiger partial charge < -0.3 is 4.74 Å². The molecular formula is C9H9N3O4S. The number of methoxy groups -OCH3 is 1. The van der Waals surface area contributed by atoms with Gasteiger partial charge in [-0.2, -0.15) is 0 Å². The molecule has 1 aromatic carbocycles. The summed E-state index contributed by atoms with van der Waals surface area (Å²) in [6.45, 7) is 1.53. The molecule has 0 unspecified atom stereocenters. The predicted molar refractivity (Wildman–Crippen MR) is 58.9 cm³/mol. The molecule has 0 saturated carbocycles. The number of sulfonamides is 1. The normalized spacial score (nSPS) is 10.5. The number of azide groups is 1. The van der Waals surface area contributed by atoms with E-state index in [2.05, 4.69) is 14.2 Å². The highest BCUT2D eigenvalue weighted by Crippen LogP contribution is 2.19. The van der Waals surface area contributed by atoms with Gasteiger partial charge in [-0.25, -0.2) is 13.2 Å². The van der Waals surface area contributed by atoms with E-state index < -0.39 is 16.0 Å². The van der Waals surface area contributed by atoms with Crippen molar-refractivity contribution in [3.63, 3.8) is 0 Å². The molecule has 17 heavy (non-hydrogen) atoms. The third-order valence-electron chi connectivity index (χ3n) is 2.03. The fourth-order valence-electron chi connectivity index (χ4n) is 1.21. The number of carbonyl (C=O) groups excluding carboxylic acids is 1. The van der Waals surface area contributed by atoms with E-state index in [0.717, 1.165) is 6.07 Å². The standard InChI is InChI=1S/C9H9N3O4S/c1-6-3-4-7(9(13)16-2)5-8(6)17(14,15)12-11-10/h3-5H,1-2H3. The quantitative estimate of drug-likeness (QED) is 0.355. The van der Waals surface area contributed by atoms with Crippen LogP contribution in [0.25, 0.3) is 10.4 Å². The van der Waals surface area contributed by atoms with Crippen LogP contribution in [0.2, 0.25) is 0 Å². The van der Waals surface area contributed by atoms with Crippen molar-refractivity contribution in [1.82, 2.24) is 0 Å². The maximum atomic E-state index is 11.5. The van der Waals surface area contributed by atoms with Crippen LogP contribution in [0.3, 0.4) is 0 Å². The molecule has 0 amide bonds. The summed E-state index contributed by atoms with van der Waals surface area (Å²) in [5.74, 6) is -0.664. The molecular weight excluding hydrogens is 246 g/mol. The SMILES string of the molecule is COC(=O)c1ccc(C)c(S(=O)(=O)N=[N+]=[N-])c1. The predicted octanol–water partition coefficient (Wildman–Crippen LogP) is 1.78. The third-order valence-corrected chi connectivity index (χ3v) is 3.31. The van der Waals surface area contributed by atoms with E-state index in [1.165, 1.54) is 26.2 Å². The Hall–Kier alpha value is -2.05. The van der Waals surface area contributed by atoms with Crippen LogP contribution in [0.15, 0.2) is 27.6 Å². The summed E-state index contributed by atoms with van der Waals surface area (Å²) in [5.41, 5.74) is 8.62. The van der Waals surface area contributed by atoms with Crippen LogP contribution in [0.1, 0.15) is 15.9 Å². The number of aryl methyl sites for hydroxylation is 1. The highest BCUT2D eigenvalue weighted by molar-refractivity contribution is 7.90. The molecule has 0 aliphatic carbocycles. The molecule has 0 spiro atoms. The van der Waals surface area contributed by atoms with Crippen LogP contribution in [0.5, 0.6) is 0 Å². The van der Waals surface area contributed by atoms with E-state index in [9.17, 15) is 13.2 Å². The first kappa shape index (κ1) is 13.0. The molecule has 0 saturated heterocycles. The van der Waals surface area contributed by atoms with Crippen molar-refractivity contribution in [3.05, 3.63) is 39.8 Å². The van der Waals surface area contributed by atoms with E-state index in [1.54, 1.807) is 0 Å². The lowest BCUT2D eigenvalue weighted by Gasteiger charge is -2.05. The average Bonchev–Trinajstić information content (AvgIpc) is 2.28. The summed E-state index contributed by atoms with van der Waals surface area (Å²) < 4.78 is 30.3. The van der Waals surface area contributed by atoms with Crippen LogP contribution >= 0.6 is 0 Å². The van der Waals surface area contributed by atoms with Gasteiger partial charge in [-0.05, 0) is 30.2 Å². The maximum Gasteiger partial charge on any atom is 0.337 e. The van der Waals surface area contributed by atoms with Crippen molar-refractivity contribution < 1.29 is 17.9 Å². The van der Waals surface area contributed by atoms with Gasteiger partial charge in [0.1, 0.15) is 0 Å². The molecule has 0 radical (unpaired) electrons. The fraction of sp³-hybridized carbons (Fsp3) is 0.222. The molecule has 8 heteroatoms. The second kappa shape index (κ2) is 4.86. The largest absolute Gasteiger partial charge is 0.465 e. The Morgan fingerprint density at radius 3 is 2.65 bits per heavy atom. The van der Waals surface area contributed by atoms with Crippen LogP contribution in [-0.4, -0.2) is 21.5 Å². The second-order valence-electron chi connectivity index (χ2n) is 3.12. The lowest BCUT2D eigenvalue weighted by molar-refractivity contribution is 0.0600. The minimum atomic E-state index is -4.10. The third kappa shape index (κ3) is 2.74. The van der Waals surface area contributed by atoms with Gasteiger partial charge in [0, 0.05) is 9.43 Å². The van der Waals surface area contributed by atoms with Crippen LogP contribution < -0.4 is 0 Å². The zero-order valence-corrected chi connectivity index (χ0v) is 9.93.